The number of halogens is 2. The van der Waals surface area contributed by atoms with Gasteiger partial charge in [0.2, 0.25) is 0 Å². The van der Waals surface area contributed by atoms with Gasteiger partial charge in [0.15, 0.2) is 0 Å². The zero-order chi connectivity index (χ0) is 15.9. The van der Waals surface area contributed by atoms with E-state index in [0.29, 0.717) is 34.9 Å². The van der Waals surface area contributed by atoms with Crippen LogP contribution in [0, 0.1) is 5.92 Å². The second kappa shape index (κ2) is 8.30. The molecule has 0 aliphatic heterocycles. The average Bonchev–Trinajstić information content (AvgIpc) is 2.45. The van der Waals surface area contributed by atoms with Crippen molar-refractivity contribution in [1.82, 2.24) is 0 Å². The van der Waals surface area contributed by atoms with E-state index in [1.807, 2.05) is 12.1 Å². The van der Waals surface area contributed by atoms with Crippen molar-refractivity contribution in [3.05, 3.63) is 58.1 Å². The van der Waals surface area contributed by atoms with Gasteiger partial charge in [0.25, 0.3) is 0 Å². The van der Waals surface area contributed by atoms with Crippen molar-refractivity contribution in [1.29, 1.82) is 0 Å². The number of hydrogen-bond acceptors (Lipinski definition) is 2. The highest BCUT2D eigenvalue weighted by Crippen LogP contribution is 2.27. The van der Waals surface area contributed by atoms with Gasteiger partial charge in [0, 0.05) is 5.02 Å². The molecular formula is C18H20Cl2O2. The monoisotopic (exact) mass is 338 g/mol. The van der Waals surface area contributed by atoms with Gasteiger partial charge in [-0.25, -0.2) is 0 Å². The molecule has 0 unspecified atom stereocenters. The van der Waals surface area contributed by atoms with Crippen LogP contribution in [0.2, 0.25) is 10.0 Å². The molecule has 0 aliphatic carbocycles. The first-order chi connectivity index (χ1) is 10.5. The van der Waals surface area contributed by atoms with Gasteiger partial charge in [0.05, 0.1) is 5.02 Å². The van der Waals surface area contributed by atoms with Crippen LogP contribution in [0.25, 0.3) is 0 Å². The fraction of sp³-hybridized carbons (Fsp3) is 0.333. The molecule has 22 heavy (non-hydrogen) atoms. The molecule has 0 aromatic heterocycles. The molecule has 2 rings (SSSR count). The average molecular weight is 339 g/mol. The van der Waals surface area contributed by atoms with E-state index in [9.17, 15) is 0 Å². The van der Waals surface area contributed by atoms with Gasteiger partial charge in [-0.05, 0) is 48.2 Å². The largest absolute Gasteiger partial charge is 0.490 e. The van der Waals surface area contributed by atoms with Crippen molar-refractivity contribution in [2.24, 2.45) is 5.92 Å². The van der Waals surface area contributed by atoms with Crippen LogP contribution in [0.5, 0.6) is 11.5 Å². The molecule has 0 radical (unpaired) electrons. The van der Waals surface area contributed by atoms with Crippen molar-refractivity contribution in [2.75, 3.05) is 13.2 Å². The maximum atomic E-state index is 6.04. The summed E-state index contributed by atoms with van der Waals surface area (Å²) in [6.07, 6.45) is 1.05. The molecule has 0 saturated heterocycles. The fourth-order valence-electron chi connectivity index (χ4n) is 2.14. The number of ether oxygens (including phenoxy) is 2. The first-order valence-corrected chi connectivity index (χ1v) is 8.10. The lowest BCUT2D eigenvalue weighted by molar-refractivity contribution is 0.217. The Labute approximate surface area is 142 Å². The van der Waals surface area contributed by atoms with Gasteiger partial charge < -0.3 is 9.47 Å². The Bertz CT molecular complexity index is 612. The van der Waals surface area contributed by atoms with Gasteiger partial charge in [-0.15, -0.1) is 0 Å². The molecule has 0 fully saturated rings. The normalized spacial score (nSPS) is 10.8. The van der Waals surface area contributed by atoms with Crippen LogP contribution in [0.4, 0.5) is 0 Å². The lowest BCUT2D eigenvalue weighted by Gasteiger charge is -2.11. The summed E-state index contributed by atoms with van der Waals surface area (Å²) in [5, 5.41) is 1.10. The smallest absolute Gasteiger partial charge is 0.138 e. The summed E-state index contributed by atoms with van der Waals surface area (Å²) in [7, 11) is 0. The van der Waals surface area contributed by atoms with E-state index in [4.69, 9.17) is 32.7 Å². The van der Waals surface area contributed by atoms with Crippen LogP contribution in [-0.4, -0.2) is 13.2 Å². The molecule has 0 amide bonds. The summed E-state index contributed by atoms with van der Waals surface area (Å²) in [5.41, 5.74) is 1.29. The molecule has 2 nitrogen and oxygen atoms in total. The molecule has 0 heterocycles. The van der Waals surface area contributed by atoms with Gasteiger partial charge >= 0.3 is 0 Å². The molecular weight excluding hydrogens is 319 g/mol. The Morgan fingerprint density at radius 2 is 1.73 bits per heavy atom. The second-order valence-corrected chi connectivity index (χ2v) is 6.36. The van der Waals surface area contributed by atoms with E-state index in [2.05, 4.69) is 26.0 Å². The fourth-order valence-corrected chi connectivity index (χ4v) is 2.60. The third-order valence-electron chi connectivity index (χ3n) is 3.05. The van der Waals surface area contributed by atoms with Gasteiger partial charge in [-0.3, -0.25) is 0 Å². The van der Waals surface area contributed by atoms with E-state index in [1.54, 1.807) is 18.2 Å². The highest BCUT2D eigenvalue weighted by molar-refractivity contribution is 6.35. The van der Waals surface area contributed by atoms with Crippen LogP contribution < -0.4 is 9.47 Å². The van der Waals surface area contributed by atoms with Gasteiger partial charge in [0.1, 0.15) is 24.7 Å². The van der Waals surface area contributed by atoms with E-state index in [-0.39, 0.29) is 0 Å². The minimum atomic E-state index is 0.426. The molecule has 2 aromatic carbocycles. The Morgan fingerprint density at radius 3 is 2.45 bits per heavy atom. The summed E-state index contributed by atoms with van der Waals surface area (Å²) in [5.74, 6) is 2.11. The summed E-state index contributed by atoms with van der Waals surface area (Å²) in [4.78, 5) is 0. The summed E-state index contributed by atoms with van der Waals surface area (Å²) < 4.78 is 11.3. The summed E-state index contributed by atoms with van der Waals surface area (Å²) in [6.45, 7) is 5.30. The topological polar surface area (TPSA) is 18.5 Å². The Morgan fingerprint density at radius 1 is 0.955 bits per heavy atom. The van der Waals surface area contributed by atoms with Crippen molar-refractivity contribution < 1.29 is 9.47 Å². The molecule has 0 spiro atoms. The predicted molar refractivity (Wildman–Crippen MR) is 92.4 cm³/mol. The molecule has 2 aromatic rings. The van der Waals surface area contributed by atoms with Crippen molar-refractivity contribution in [2.45, 2.75) is 20.3 Å². The molecule has 4 heteroatoms. The minimum Gasteiger partial charge on any atom is -0.490 e. The molecule has 0 aliphatic rings. The highest BCUT2D eigenvalue weighted by atomic mass is 35.5. The quantitative estimate of drug-likeness (QED) is 0.607. The Kier molecular flexibility index (Phi) is 6.41. The third-order valence-corrected chi connectivity index (χ3v) is 3.58. The van der Waals surface area contributed by atoms with Gasteiger partial charge in [-0.1, -0.05) is 49.2 Å². The maximum absolute atomic E-state index is 6.04. The lowest BCUT2D eigenvalue weighted by atomic mass is 10.0. The second-order valence-electron chi connectivity index (χ2n) is 5.52. The first-order valence-electron chi connectivity index (χ1n) is 7.34. The zero-order valence-electron chi connectivity index (χ0n) is 12.8. The van der Waals surface area contributed by atoms with Gasteiger partial charge in [-0.2, -0.15) is 0 Å². The summed E-state index contributed by atoms with van der Waals surface area (Å²) in [6, 6.07) is 13.3. The Hall–Kier alpha value is -1.38. The molecule has 0 saturated carbocycles. The summed E-state index contributed by atoms with van der Waals surface area (Å²) >= 11 is 11.9. The highest BCUT2D eigenvalue weighted by Gasteiger charge is 2.03. The molecule has 0 N–H and O–H groups in total. The number of rotatable bonds is 7. The molecule has 118 valence electrons. The van der Waals surface area contributed by atoms with Crippen LogP contribution in [0.1, 0.15) is 19.4 Å². The molecule has 0 bridgehead atoms. The standard InChI is InChI=1S/C18H20Cl2O2/c1-13(2)10-14-4-3-5-16(11-14)21-8-9-22-18-7-6-15(19)12-17(18)20/h3-7,11-13H,8-10H2,1-2H3. The van der Waals surface area contributed by atoms with Crippen molar-refractivity contribution in [3.8, 4) is 11.5 Å². The number of hydrogen-bond donors (Lipinski definition) is 0. The zero-order valence-corrected chi connectivity index (χ0v) is 14.3. The van der Waals surface area contributed by atoms with Crippen molar-refractivity contribution >= 4 is 23.2 Å². The number of benzene rings is 2. The minimum absolute atomic E-state index is 0.426. The van der Waals surface area contributed by atoms with Crippen LogP contribution >= 0.6 is 23.2 Å². The SMILES string of the molecule is CC(C)Cc1cccc(OCCOc2ccc(Cl)cc2Cl)c1. The van der Waals surface area contributed by atoms with E-state index in [0.717, 1.165) is 12.2 Å². The predicted octanol–water partition coefficient (Wildman–Crippen LogP) is 5.65. The van der Waals surface area contributed by atoms with Crippen LogP contribution in [0.3, 0.4) is 0 Å². The van der Waals surface area contributed by atoms with Crippen LogP contribution in [0.15, 0.2) is 42.5 Å². The Balaban J connectivity index is 1.81. The van der Waals surface area contributed by atoms with Crippen LogP contribution in [-0.2, 0) is 6.42 Å². The van der Waals surface area contributed by atoms with E-state index >= 15 is 0 Å². The lowest BCUT2D eigenvalue weighted by Crippen LogP contribution is -2.09. The molecule has 0 atom stereocenters. The van der Waals surface area contributed by atoms with E-state index < -0.39 is 0 Å². The maximum Gasteiger partial charge on any atom is 0.138 e. The van der Waals surface area contributed by atoms with E-state index in [1.165, 1.54) is 5.56 Å². The first kappa shape index (κ1) is 17.0. The van der Waals surface area contributed by atoms with Crippen molar-refractivity contribution in [3.63, 3.8) is 0 Å². The third kappa shape index (κ3) is 5.43.